The zero-order valence-corrected chi connectivity index (χ0v) is 7.75. The summed E-state index contributed by atoms with van der Waals surface area (Å²) >= 11 is 1.06. The number of nitrogens with one attached hydrogen (secondary N) is 1. The second kappa shape index (κ2) is 3.62. The van der Waals surface area contributed by atoms with Crippen molar-refractivity contribution in [3.63, 3.8) is 0 Å². The molecule has 3 N–H and O–H groups in total. The van der Waals surface area contributed by atoms with Gasteiger partial charge in [-0.3, -0.25) is 0 Å². The fourth-order valence-corrected chi connectivity index (χ4v) is 1.55. The molecule has 0 aliphatic carbocycles. The van der Waals surface area contributed by atoms with Crippen LogP contribution < -0.4 is 5.73 Å². The number of aromatic nitrogens is 4. The normalized spacial score (nSPS) is 10.4. The summed E-state index contributed by atoms with van der Waals surface area (Å²) in [6.07, 6.45) is 4.25. The zero-order chi connectivity index (χ0) is 9.97. The van der Waals surface area contributed by atoms with Crippen molar-refractivity contribution >= 4 is 17.7 Å². The molecule has 0 spiro atoms. The minimum atomic E-state index is -0.513. The van der Waals surface area contributed by atoms with Crippen LogP contribution in [0.2, 0.25) is 0 Å². The van der Waals surface area contributed by atoms with E-state index in [2.05, 4.69) is 19.9 Å². The lowest BCUT2D eigenvalue weighted by Crippen LogP contribution is -1.97. The lowest BCUT2D eigenvalue weighted by Gasteiger charge is -1.99. The van der Waals surface area contributed by atoms with Gasteiger partial charge in [0.1, 0.15) is 5.03 Å². The highest BCUT2D eigenvalue weighted by Gasteiger charge is 2.08. The Morgan fingerprint density at radius 3 is 3.00 bits per heavy atom. The molecule has 72 valence electrons. The maximum Gasteiger partial charge on any atom is 0.221 e. The van der Waals surface area contributed by atoms with Crippen LogP contribution in [0.5, 0.6) is 0 Å². The fourth-order valence-electron chi connectivity index (χ4n) is 0.834. The Labute approximate surface area is 83.0 Å². The largest absolute Gasteiger partial charge is 0.368 e. The van der Waals surface area contributed by atoms with E-state index in [0.717, 1.165) is 18.0 Å². The van der Waals surface area contributed by atoms with Crippen LogP contribution in [0, 0.1) is 5.82 Å². The molecule has 0 fully saturated rings. The Morgan fingerprint density at radius 2 is 2.29 bits per heavy atom. The van der Waals surface area contributed by atoms with E-state index in [1.165, 1.54) is 0 Å². The van der Waals surface area contributed by atoms with Gasteiger partial charge in [-0.05, 0) is 11.8 Å². The maximum atomic E-state index is 13.1. The van der Waals surface area contributed by atoms with Crippen LogP contribution in [-0.2, 0) is 0 Å². The first kappa shape index (κ1) is 8.95. The third kappa shape index (κ3) is 1.82. The SMILES string of the molecule is Nc1ncc(F)c(Sc2ncc[nH]2)n1. The number of aromatic amines is 1. The third-order valence-corrected chi connectivity index (χ3v) is 2.29. The fraction of sp³-hybridized carbons (Fsp3) is 0. The number of hydrogen-bond acceptors (Lipinski definition) is 5. The predicted molar refractivity (Wildman–Crippen MR) is 49.1 cm³/mol. The van der Waals surface area contributed by atoms with Crippen LogP contribution in [0.3, 0.4) is 0 Å². The van der Waals surface area contributed by atoms with Crippen LogP contribution in [0.1, 0.15) is 0 Å². The number of rotatable bonds is 2. The first-order valence-electron chi connectivity index (χ1n) is 3.71. The molecule has 14 heavy (non-hydrogen) atoms. The van der Waals surface area contributed by atoms with Gasteiger partial charge in [0.05, 0.1) is 6.20 Å². The molecule has 2 aromatic rings. The molecule has 7 heteroatoms. The lowest BCUT2D eigenvalue weighted by molar-refractivity contribution is 0.580. The smallest absolute Gasteiger partial charge is 0.221 e. The standard InChI is InChI=1S/C7H6FN5S/c8-4-3-12-6(9)13-5(4)14-7-10-1-2-11-7/h1-3H,(H,10,11)(H2,9,12,13). The number of halogens is 1. The van der Waals surface area contributed by atoms with Crippen molar-refractivity contribution < 1.29 is 4.39 Å². The predicted octanol–water partition coefficient (Wildman–Crippen LogP) is 1.07. The maximum absolute atomic E-state index is 13.1. The molecule has 0 amide bonds. The van der Waals surface area contributed by atoms with Gasteiger partial charge in [-0.15, -0.1) is 0 Å². The first-order chi connectivity index (χ1) is 6.75. The highest BCUT2D eigenvalue weighted by atomic mass is 32.2. The third-order valence-electron chi connectivity index (χ3n) is 1.40. The van der Waals surface area contributed by atoms with Crippen LogP contribution >= 0.6 is 11.8 Å². The van der Waals surface area contributed by atoms with Gasteiger partial charge in [0.15, 0.2) is 11.0 Å². The van der Waals surface area contributed by atoms with Crippen molar-refractivity contribution in [1.29, 1.82) is 0 Å². The molecule has 0 radical (unpaired) electrons. The van der Waals surface area contributed by atoms with Gasteiger partial charge in [-0.25, -0.2) is 19.3 Å². The monoisotopic (exact) mass is 211 g/mol. The molecule has 2 aromatic heterocycles. The van der Waals surface area contributed by atoms with E-state index >= 15 is 0 Å². The molecule has 0 aliphatic rings. The Morgan fingerprint density at radius 1 is 1.43 bits per heavy atom. The molecule has 5 nitrogen and oxygen atoms in total. The lowest BCUT2D eigenvalue weighted by atomic mass is 10.6. The second-order valence-electron chi connectivity index (χ2n) is 2.38. The van der Waals surface area contributed by atoms with Crippen LogP contribution in [0.15, 0.2) is 28.8 Å². The Balaban J connectivity index is 2.28. The number of H-pyrrole nitrogens is 1. The first-order valence-corrected chi connectivity index (χ1v) is 4.52. The molecule has 0 atom stereocenters. The highest BCUT2D eigenvalue weighted by molar-refractivity contribution is 7.99. The Kier molecular flexibility index (Phi) is 2.32. The summed E-state index contributed by atoms with van der Waals surface area (Å²) in [6, 6.07) is 0. The molecule has 0 aromatic carbocycles. The molecule has 2 heterocycles. The Hall–Kier alpha value is -1.63. The minimum absolute atomic E-state index is 0.0421. The van der Waals surface area contributed by atoms with Crippen LogP contribution in [0.4, 0.5) is 10.3 Å². The number of nitrogens with zero attached hydrogens (tertiary/aromatic N) is 3. The number of nitrogen functional groups attached to an aromatic ring is 1. The number of nitrogens with two attached hydrogens (primary N) is 1. The molecule has 0 aliphatic heterocycles. The summed E-state index contributed by atoms with van der Waals surface area (Å²) in [4.78, 5) is 14.0. The van der Waals surface area contributed by atoms with Crippen LogP contribution in [-0.4, -0.2) is 19.9 Å². The summed E-state index contributed by atoms with van der Waals surface area (Å²) in [5.41, 5.74) is 5.32. The van der Waals surface area contributed by atoms with E-state index < -0.39 is 5.82 Å². The molecule has 0 unspecified atom stereocenters. The summed E-state index contributed by atoms with van der Waals surface area (Å²) in [7, 11) is 0. The summed E-state index contributed by atoms with van der Waals surface area (Å²) in [5, 5.41) is 0.717. The average Bonchev–Trinajstić information content (AvgIpc) is 2.64. The van der Waals surface area contributed by atoms with E-state index in [1.807, 2.05) is 0 Å². The second-order valence-corrected chi connectivity index (χ2v) is 3.36. The average molecular weight is 211 g/mol. The van der Waals surface area contributed by atoms with E-state index in [9.17, 15) is 4.39 Å². The number of anilines is 1. The van der Waals surface area contributed by atoms with E-state index in [0.29, 0.717) is 5.16 Å². The molecular weight excluding hydrogens is 205 g/mol. The van der Waals surface area contributed by atoms with Crippen molar-refractivity contribution in [3.05, 3.63) is 24.4 Å². The molecule has 0 bridgehead atoms. The van der Waals surface area contributed by atoms with Crippen LogP contribution in [0.25, 0.3) is 0 Å². The van der Waals surface area contributed by atoms with Crippen molar-refractivity contribution in [1.82, 2.24) is 19.9 Å². The van der Waals surface area contributed by atoms with Crippen molar-refractivity contribution in [2.45, 2.75) is 10.2 Å². The summed E-state index contributed by atoms with van der Waals surface area (Å²) < 4.78 is 13.1. The van der Waals surface area contributed by atoms with Gasteiger partial charge in [-0.1, -0.05) is 0 Å². The van der Waals surface area contributed by atoms with Gasteiger partial charge in [0, 0.05) is 12.4 Å². The number of imidazole rings is 1. The summed E-state index contributed by atoms with van der Waals surface area (Å²) in [5.74, 6) is -0.471. The van der Waals surface area contributed by atoms with Gasteiger partial charge in [0.25, 0.3) is 0 Å². The van der Waals surface area contributed by atoms with E-state index in [-0.39, 0.29) is 11.0 Å². The van der Waals surface area contributed by atoms with Gasteiger partial charge in [0.2, 0.25) is 5.95 Å². The molecular formula is C7H6FN5S. The van der Waals surface area contributed by atoms with Gasteiger partial charge < -0.3 is 10.7 Å². The van der Waals surface area contributed by atoms with E-state index in [4.69, 9.17) is 5.73 Å². The number of hydrogen-bond donors (Lipinski definition) is 2. The molecule has 2 rings (SSSR count). The van der Waals surface area contributed by atoms with Crippen molar-refractivity contribution in [2.75, 3.05) is 5.73 Å². The molecule has 0 saturated heterocycles. The highest BCUT2D eigenvalue weighted by Crippen LogP contribution is 2.24. The van der Waals surface area contributed by atoms with Crippen molar-refractivity contribution in [2.24, 2.45) is 0 Å². The summed E-state index contributed by atoms with van der Waals surface area (Å²) in [6.45, 7) is 0. The van der Waals surface area contributed by atoms with Gasteiger partial charge in [-0.2, -0.15) is 0 Å². The quantitative estimate of drug-likeness (QED) is 0.726. The Bertz CT molecular complexity index is 430. The minimum Gasteiger partial charge on any atom is -0.368 e. The van der Waals surface area contributed by atoms with Crippen molar-refractivity contribution in [3.8, 4) is 0 Å². The zero-order valence-electron chi connectivity index (χ0n) is 6.94. The topological polar surface area (TPSA) is 80.5 Å². The van der Waals surface area contributed by atoms with E-state index in [1.54, 1.807) is 12.4 Å². The molecule has 0 saturated carbocycles. The van der Waals surface area contributed by atoms with Gasteiger partial charge >= 0.3 is 0 Å².